The monoisotopic (exact) mass is 267 g/mol. The molecule has 2 aromatic carbocycles. The van der Waals surface area contributed by atoms with Gasteiger partial charge in [-0.3, -0.25) is 10.0 Å². The summed E-state index contributed by atoms with van der Waals surface area (Å²) in [6.45, 7) is 0. The van der Waals surface area contributed by atoms with E-state index in [1.807, 2.05) is 60.7 Å². The van der Waals surface area contributed by atoms with E-state index >= 15 is 0 Å². The smallest absolute Gasteiger partial charge is 0.246 e. The van der Waals surface area contributed by atoms with Crippen molar-refractivity contribution >= 4 is 5.91 Å². The lowest BCUT2D eigenvalue weighted by atomic mass is 9.88. The first-order valence-corrected chi connectivity index (χ1v) is 6.85. The van der Waals surface area contributed by atoms with Crippen molar-refractivity contribution in [3.8, 4) is 0 Å². The fraction of sp³-hybridized carbons (Fsp3) is 0.235. The molecule has 1 saturated heterocycles. The van der Waals surface area contributed by atoms with Gasteiger partial charge >= 0.3 is 0 Å². The number of rotatable bonds is 3. The van der Waals surface area contributed by atoms with E-state index in [0.29, 0.717) is 12.8 Å². The molecule has 3 nitrogen and oxygen atoms in total. The van der Waals surface area contributed by atoms with Crippen LogP contribution in [-0.2, 0) is 11.2 Å². The number of carbonyl (C=O) groups is 1. The number of nitrogens with zero attached hydrogens (tertiary/aromatic N) is 1. The number of carbonyl (C=O) groups excluding carboxylic acids is 1. The van der Waals surface area contributed by atoms with E-state index in [0.717, 1.165) is 16.2 Å². The Labute approximate surface area is 118 Å². The summed E-state index contributed by atoms with van der Waals surface area (Å²) in [6, 6.07) is 19.7. The van der Waals surface area contributed by atoms with Gasteiger partial charge in [0.25, 0.3) is 0 Å². The van der Waals surface area contributed by atoms with Crippen LogP contribution in [0.2, 0.25) is 0 Å². The largest absolute Gasteiger partial charge is 0.286 e. The second-order valence-electron chi connectivity index (χ2n) is 5.22. The molecule has 0 aromatic heterocycles. The van der Waals surface area contributed by atoms with Crippen LogP contribution in [0.3, 0.4) is 0 Å². The zero-order valence-electron chi connectivity index (χ0n) is 11.1. The Bertz CT molecular complexity index is 582. The third-order valence-corrected chi connectivity index (χ3v) is 3.94. The third kappa shape index (κ3) is 2.45. The zero-order valence-corrected chi connectivity index (χ0v) is 11.1. The standard InChI is InChI=1S/C17H17NO2/c19-17-12-15(14-9-5-2-6-10-14)16(18(17)20)11-13-7-3-1-4-8-13/h1-10,15-16,20H,11-12H2. The van der Waals surface area contributed by atoms with E-state index in [-0.39, 0.29) is 17.9 Å². The average molecular weight is 267 g/mol. The lowest BCUT2D eigenvalue weighted by Crippen LogP contribution is -2.33. The quantitative estimate of drug-likeness (QED) is 0.868. The highest BCUT2D eigenvalue weighted by molar-refractivity contribution is 5.79. The van der Waals surface area contributed by atoms with Gasteiger partial charge in [-0.2, -0.15) is 0 Å². The van der Waals surface area contributed by atoms with Crippen LogP contribution in [0, 0.1) is 0 Å². The van der Waals surface area contributed by atoms with E-state index in [1.54, 1.807) is 0 Å². The van der Waals surface area contributed by atoms with Crippen molar-refractivity contribution in [2.45, 2.75) is 24.8 Å². The molecule has 0 radical (unpaired) electrons. The molecule has 0 saturated carbocycles. The minimum atomic E-state index is -0.195. The summed E-state index contributed by atoms with van der Waals surface area (Å²) in [6.07, 6.45) is 1.04. The summed E-state index contributed by atoms with van der Waals surface area (Å²) in [7, 11) is 0. The van der Waals surface area contributed by atoms with Gasteiger partial charge in [-0.1, -0.05) is 60.7 Å². The number of benzene rings is 2. The molecular formula is C17H17NO2. The van der Waals surface area contributed by atoms with E-state index in [4.69, 9.17) is 0 Å². The summed E-state index contributed by atoms with van der Waals surface area (Å²) >= 11 is 0. The molecule has 102 valence electrons. The number of amides is 1. The first kappa shape index (κ1) is 12.9. The van der Waals surface area contributed by atoms with Gasteiger partial charge in [0.1, 0.15) is 0 Å². The van der Waals surface area contributed by atoms with Crippen molar-refractivity contribution < 1.29 is 10.0 Å². The van der Waals surface area contributed by atoms with Crippen LogP contribution < -0.4 is 0 Å². The second kappa shape index (κ2) is 5.47. The summed E-state index contributed by atoms with van der Waals surface area (Å²) in [5.74, 6) is -0.145. The van der Waals surface area contributed by atoms with Crippen molar-refractivity contribution in [1.29, 1.82) is 0 Å². The van der Waals surface area contributed by atoms with Crippen molar-refractivity contribution in [2.24, 2.45) is 0 Å². The average Bonchev–Trinajstić information content (AvgIpc) is 2.78. The van der Waals surface area contributed by atoms with E-state index in [1.165, 1.54) is 0 Å². The van der Waals surface area contributed by atoms with Gasteiger partial charge in [0.15, 0.2) is 0 Å². The molecular weight excluding hydrogens is 250 g/mol. The molecule has 2 unspecified atom stereocenters. The highest BCUT2D eigenvalue weighted by atomic mass is 16.5. The minimum Gasteiger partial charge on any atom is -0.286 e. The van der Waals surface area contributed by atoms with Crippen molar-refractivity contribution in [3.63, 3.8) is 0 Å². The fourth-order valence-corrected chi connectivity index (χ4v) is 2.90. The summed E-state index contributed by atoms with van der Waals surface area (Å²) in [4.78, 5) is 11.8. The van der Waals surface area contributed by atoms with E-state index in [9.17, 15) is 10.0 Å². The summed E-state index contributed by atoms with van der Waals surface area (Å²) < 4.78 is 0. The fourth-order valence-electron chi connectivity index (χ4n) is 2.90. The van der Waals surface area contributed by atoms with Gasteiger partial charge in [0, 0.05) is 12.3 Å². The van der Waals surface area contributed by atoms with Crippen LogP contribution in [0.4, 0.5) is 0 Å². The van der Waals surface area contributed by atoms with Gasteiger partial charge in [0.05, 0.1) is 6.04 Å². The van der Waals surface area contributed by atoms with Crippen LogP contribution in [0.5, 0.6) is 0 Å². The molecule has 1 N–H and O–H groups in total. The van der Waals surface area contributed by atoms with Gasteiger partial charge in [-0.25, -0.2) is 5.06 Å². The number of hydrogen-bond acceptors (Lipinski definition) is 2. The maximum atomic E-state index is 11.8. The molecule has 0 spiro atoms. The maximum absolute atomic E-state index is 11.8. The van der Waals surface area contributed by atoms with Crippen LogP contribution in [-0.4, -0.2) is 22.2 Å². The lowest BCUT2D eigenvalue weighted by molar-refractivity contribution is -0.165. The normalized spacial score (nSPS) is 22.2. The molecule has 3 rings (SSSR count). The molecule has 2 aromatic rings. The van der Waals surface area contributed by atoms with Gasteiger partial charge in [0.2, 0.25) is 5.91 Å². The van der Waals surface area contributed by atoms with Crippen LogP contribution >= 0.6 is 0 Å². The van der Waals surface area contributed by atoms with Crippen molar-refractivity contribution in [1.82, 2.24) is 5.06 Å². The third-order valence-electron chi connectivity index (χ3n) is 3.94. The number of hydrogen-bond donors (Lipinski definition) is 1. The summed E-state index contributed by atoms with van der Waals surface area (Å²) in [5.41, 5.74) is 2.24. The molecule has 1 amide bonds. The Morgan fingerprint density at radius 1 is 1.00 bits per heavy atom. The molecule has 2 atom stereocenters. The Hall–Kier alpha value is -2.13. The van der Waals surface area contributed by atoms with Gasteiger partial charge in [-0.05, 0) is 17.5 Å². The van der Waals surface area contributed by atoms with Crippen LogP contribution in [0.25, 0.3) is 0 Å². The Morgan fingerprint density at radius 2 is 1.60 bits per heavy atom. The van der Waals surface area contributed by atoms with Crippen LogP contribution in [0.1, 0.15) is 23.5 Å². The molecule has 20 heavy (non-hydrogen) atoms. The second-order valence-corrected chi connectivity index (χ2v) is 5.22. The van der Waals surface area contributed by atoms with E-state index < -0.39 is 0 Å². The Balaban J connectivity index is 1.87. The van der Waals surface area contributed by atoms with Crippen molar-refractivity contribution in [3.05, 3.63) is 71.8 Å². The van der Waals surface area contributed by atoms with E-state index in [2.05, 4.69) is 0 Å². The topological polar surface area (TPSA) is 40.5 Å². The highest BCUT2D eigenvalue weighted by Gasteiger charge is 2.39. The predicted molar refractivity (Wildman–Crippen MR) is 76.4 cm³/mol. The molecule has 0 aliphatic carbocycles. The Morgan fingerprint density at radius 3 is 2.25 bits per heavy atom. The first-order valence-electron chi connectivity index (χ1n) is 6.85. The SMILES string of the molecule is O=C1CC(c2ccccc2)C(Cc2ccccc2)N1O. The molecule has 1 fully saturated rings. The lowest BCUT2D eigenvalue weighted by Gasteiger charge is -2.23. The van der Waals surface area contributed by atoms with Crippen LogP contribution in [0.15, 0.2) is 60.7 Å². The maximum Gasteiger partial charge on any atom is 0.246 e. The first-order chi connectivity index (χ1) is 9.75. The predicted octanol–water partition coefficient (Wildman–Crippen LogP) is 3.00. The highest BCUT2D eigenvalue weighted by Crippen LogP contribution is 2.35. The molecule has 3 heteroatoms. The Kier molecular flexibility index (Phi) is 3.52. The van der Waals surface area contributed by atoms with Gasteiger partial charge in [-0.15, -0.1) is 0 Å². The summed E-state index contributed by atoms with van der Waals surface area (Å²) in [5, 5.41) is 11.0. The molecule has 1 aliphatic heterocycles. The molecule has 1 aliphatic rings. The number of hydroxylamine groups is 2. The zero-order chi connectivity index (χ0) is 13.9. The van der Waals surface area contributed by atoms with Crippen molar-refractivity contribution in [2.75, 3.05) is 0 Å². The van der Waals surface area contributed by atoms with Gasteiger partial charge < -0.3 is 0 Å². The molecule has 1 heterocycles. The molecule has 0 bridgehead atoms. The minimum absolute atomic E-state index is 0.0499.